The third-order valence-corrected chi connectivity index (χ3v) is 7.67. The first-order valence-corrected chi connectivity index (χ1v) is 11.0. The SMILES string of the molecule is OC[C@H]1[C@H]2CN(Cc3ccn4ncnc4c3)C[C@]23CN(C2CCNCC2)C[C@H]1O3. The molecule has 0 radical (unpaired) electrons. The minimum Gasteiger partial charge on any atom is -0.396 e. The van der Waals surface area contributed by atoms with Gasteiger partial charge in [-0.25, -0.2) is 9.50 Å². The molecule has 0 saturated carbocycles. The first-order chi connectivity index (χ1) is 14.2. The smallest absolute Gasteiger partial charge is 0.155 e. The van der Waals surface area contributed by atoms with Gasteiger partial charge in [-0.1, -0.05) is 0 Å². The second-order valence-electron chi connectivity index (χ2n) is 9.35. The molecule has 2 bridgehead atoms. The number of rotatable bonds is 4. The fourth-order valence-corrected chi connectivity index (χ4v) is 6.35. The fourth-order valence-electron chi connectivity index (χ4n) is 6.35. The number of pyridine rings is 1. The Morgan fingerprint density at radius 2 is 2.14 bits per heavy atom. The molecule has 156 valence electrons. The molecule has 4 aliphatic rings. The standard InChI is InChI=1S/C21H30N6O2/c28-11-17-18-9-25(8-15-3-6-27-20(7-15)23-14-24-27)12-21(18)13-26(10-19(17)29-21)16-1-4-22-5-2-16/h3,6-7,14,16-19,22,28H,1-2,4-5,8-13H2/t17-,18+,19+,21-/m0/s1. The van der Waals surface area contributed by atoms with E-state index in [4.69, 9.17) is 4.74 Å². The van der Waals surface area contributed by atoms with Gasteiger partial charge >= 0.3 is 0 Å². The molecule has 0 aliphatic carbocycles. The Kier molecular flexibility index (Phi) is 4.39. The summed E-state index contributed by atoms with van der Waals surface area (Å²) in [6, 6.07) is 4.90. The zero-order valence-electron chi connectivity index (χ0n) is 16.8. The molecule has 8 nitrogen and oxygen atoms in total. The summed E-state index contributed by atoms with van der Waals surface area (Å²) >= 11 is 0. The van der Waals surface area contributed by atoms with Gasteiger partial charge in [-0.05, 0) is 43.6 Å². The van der Waals surface area contributed by atoms with Crippen LogP contribution < -0.4 is 5.32 Å². The number of ether oxygens (including phenoxy) is 1. The Bertz CT molecular complexity index is 883. The van der Waals surface area contributed by atoms with Crippen LogP contribution in [-0.4, -0.2) is 93.1 Å². The zero-order chi connectivity index (χ0) is 19.4. The maximum atomic E-state index is 10.2. The number of hydrogen-bond donors (Lipinski definition) is 2. The van der Waals surface area contributed by atoms with Crippen molar-refractivity contribution in [2.24, 2.45) is 11.8 Å². The molecule has 4 aliphatic heterocycles. The summed E-state index contributed by atoms with van der Waals surface area (Å²) in [6.07, 6.45) is 6.20. The first-order valence-electron chi connectivity index (χ1n) is 11.0. The molecular formula is C21H30N6O2. The lowest BCUT2D eigenvalue weighted by Crippen LogP contribution is -2.58. The van der Waals surface area contributed by atoms with Crippen molar-refractivity contribution in [3.63, 3.8) is 0 Å². The third kappa shape index (κ3) is 3.00. The van der Waals surface area contributed by atoms with E-state index in [0.717, 1.165) is 51.5 Å². The van der Waals surface area contributed by atoms with Crippen LogP contribution in [0.4, 0.5) is 0 Å². The van der Waals surface area contributed by atoms with E-state index in [1.165, 1.54) is 18.4 Å². The van der Waals surface area contributed by atoms with Gasteiger partial charge in [0.2, 0.25) is 0 Å². The van der Waals surface area contributed by atoms with Crippen LogP contribution in [0.15, 0.2) is 24.7 Å². The average Bonchev–Trinajstić information content (AvgIpc) is 3.38. The maximum absolute atomic E-state index is 10.2. The van der Waals surface area contributed by atoms with Gasteiger partial charge in [-0.3, -0.25) is 9.80 Å². The van der Waals surface area contributed by atoms with Crippen molar-refractivity contribution >= 4 is 5.65 Å². The van der Waals surface area contributed by atoms with Crippen LogP contribution in [0.25, 0.3) is 5.65 Å². The van der Waals surface area contributed by atoms with Crippen molar-refractivity contribution in [2.75, 3.05) is 45.9 Å². The predicted molar refractivity (Wildman–Crippen MR) is 107 cm³/mol. The van der Waals surface area contributed by atoms with Crippen LogP contribution in [0, 0.1) is 11.8 Å². The Hall–Kier alpha value is -1.58. The van der Waals surface area contributed by atoms with Crippen molar-refractivity contribution in [2.45, 2.75) is 37.1 Å². The number of nitrogens with one attached hydrogen (secondary N) is 1. The quantitative estimate of drug-likeness (QED) is 0.749. The van der Waals surface area contributed by atoms with Crippen molar-refractivity contribution < 1.29 is 9.84 Å². The molecule has 1 spiro atoms. The molecule has 2 aromatic heterocycles. The summed E-state index contributed by atoms with van der Waals surface area (Å²) in [6.45, 7) is 7.29. The first kappa shape index (κ1) is 18.2. The van der Waals surface area contributed by atoms with E-state index in [0.29, 0.717) is 12.0 Å². The summed E-state index contributed by atoms with van der Waals surface area (Å²) in [5.74, 6) is 0.673. The van der Waals surface area contributed by atoms with E-state index >= 15 is 0 Å². The Balaban J connectivity index is 1.22. The zero-order valence-corrected chi connectivity index (χ0v) is 16.8. The number of aliphatic hydroxyl groups is 1. The molecule has 4 saturated heterocycles. The van der Waals surface area contributed by atoms with Gasteiger partial charge in [0.15, 0.2) is 5.65 Å². The van der Waals surface area contributed by atoms with Gasteiger partial charge in [-0.2, -0.15) is 5.10 Å². The van der Waals surface area contributed by atoms with Crippen molar-refractivity contribution in [1.82, 2.24) is 29.7 Å². The highest BCUT2D eigenvalue weighted by Gasteiger charge is 2.62. The number of aliphatic hydroxyl groups excluding tert-OH is 1. The van der Waals surface area contributed by atoms with E-state index in [2.05, 4.69) is 37.3 Å². The van der Waals surface area contributed by atoms with Crippen LogP contribution >= 0.6 is 0 Å². The van der Waals surface area contributed by atoms with Crippen LogP contribution in [0.2, 0.25) is 0 Å². The lowest BCUT2D eigenvalue weighted by molar-refractivity contribution is -0.129. The Morgan fingerprint density at radius 1 is 1.24 bits per heavy atom. The van der Waals surface area contributed by atoms with Crippen molar-refractivity contribution in [1.29, 1.82) is 0 Å². The normalized spacial score (nSPS) is 36.1. The molecule has 0 amide bonds. The van der Waals surface area contributed by atoms with Crippen LogP contribution in [0.3, 0.4) is 0 Å². The largest absolute Gasteiger partial charge is 0.396 e. The number of nitrogens with zero attached hydrogens (tertiary/aromatic N) is 5. The summed E-state index contributed by atoms with van der Waals surface area (Å²) in [5.41, 5.74) is 2.02. The lowest BCUT2D eigenvalue weighted by atomic mass is 9.83. The predicted octanol–water partition coefficient (Wildman–Crippen LogP) is -0.0252. The van der Waals surface area contributed by atoms with E-state index in [1.807, 2.05) is 6.20 Å². The molecule has 29 heavy (non-hydrogen) atoms. The second kappa shape index (κ2) is 6.99. The van der Waals surface area contributed by atoms with E-state index in [-0.39, 0.29) is 24.2 Å². The second-order valence-corrected chi connectivity index (χ2v) is 9.35. The third-order valence-electron chi connectivity index (χ3n) is 7.67. The molecule has 2 aromatic rings. The summed E-state index contributed by atoms with van der Waals surface area (Å²) < 4.78 is 8.47. The van der Waals surface area contributed by atoms with Crippen molar-refractivity contribution in [3.05, 3.63) is 30.2 Å². The summed E-state index contributed by atoms with van der Waals surface area (Å²) in [5, 5.41) is 17.8. The molecule has 6 heterocycles. The maximum Gasteiger partial charge on any atom is 0.155 e. The Morgan fingerprint density at radius 3 is 3.00 bits per heavy atom. The van der Waals surface area contributed by atoms with Gasteiger partial charge in [0, 0.05) is 63.4 Å². The summed E-state index contributed by atoms with van der Waals surface area (Å²) in [4.78, 5) is 9.51. The highest BCUT2D eigenvalue weighted by atomic mass is 16.5. The molecule has 6 rings (SSSR count). The van der Waals surface area contributed by atoms with Crippen LogP contribution in [0.5, 0.6) is 0 Å². The molecule has 4 fully saturated rings. The number of likely N-dealkylation sites (tertiary alicyclic amines) is 2. The molecular weight excluding hydrogens is 368 g/mol. The molecule has 4 atom stereocenters. The van der Waals surface area contributed by atoms with Crippen LogP contribution in [0.1, 0.15) is 18.4 Å². The number of piperidine rings is 1. The molecule has 0 unspecified atom stereocenters. The highest BCUT2D eigenvalue weighted by Crippen LogP contribution is 2.49. The number of hydrogen-bond acceptors (Lipinski definition) is 7. The Labute approximate surface area is 170 Å². The number of fused-ring (bicyclic) bond motifs is 2. The van der Waals surface area contributed by atoms with Gasteiger partial charge in [0.1, 0.15) is 6.33 Å². The topological polar surface area (TPSA) is 78.2 Å². The van der Waals surface area contributed by atoms with E-state index < -0.39 is 0 Å². The number of morpholine rings is 1. The monoisotopic (exact) mass is 398 g/mol. The van der Waals surface area contributed by atoms with Gasteiger partial charge in [0.05, 0.1) is 11.7 Å². The fraction of sp³-hybridized carbons (Fsp3) is 0.714. The minimum absolute atomic E-state index is 0.125. The molecule has 8 heteroatoms. The van der Waals surface area contributed by atoms with E-state index in [1.54, 1.807) is 10.8 Å². The minimum atomic E-state index is -0.125. The van der Waals surface area contributed by atoms with E-state index in [9.17, 15) is 5.11 Å². The van der Waals surface area contributed by atoms with Crippen molar-refractivity contribution in [3.8, 4) is 0 Å². The summed E-state index contributed by atoms with van der Waals surface area (Å²) in [7, 11) is 0. The number of aromatic nitrogens is 3. The highest BCUT2D eigenvalue weighted by molar-refractivity contribution is 5.39. The van der Waals surface area contributed by atoms with Crippen LogP contribution in [-0.2, 0) is 11.3 Å². The molecule has 0 aromatic carbocycles. The van der Waals surface area contributed by atoms with Gasteiger partial charge in [-0.15, -0.1) is 0 Å². The van der Waals surface area contributed by atoms with Gasteiger partial charge in [0.25, 0.3) is 0 Å². The molecule has 2 N–H and O–H groups in total. The van der Waals surface area contributed by atoms with Gasteiger partial charge < -0.3 is 15.2 Å². The lowest BCUT2D eigenvalue weighted by Gasteiger charge is -2.45. The average molecular weight is 399 g/mol.